The van der Waals surface area contributed by atoms with Gasteiger partial charge in [-0.3, -0.25) is 4.18 Å². The first kappa shape index (κ1) is 10.8. The van der Waals surface area contributed by atoms with Crippen LogP contribution in [0.2, 0.25) is 0 Å². The Morgan fingerprint density at radius 2 is 2.00 bits per heavy atom. The highest BCUT2D eigenvalue weighted by Crippen LogP contribution is 2.23. The Kier molecular flexibility index (Phi) is 3.90. The van der Waals surface area contributed by atoms with Crippen molar-refractivity contribution in [2.75, 3.05) is 0 Å². The molecule has 0 N–H and O–H groups in total. The van der Waals surface area contributed by atoms with Crippen LogP contribution in [0.5, 0.6) is 0 Å². The third-order valence-electron chi connectivity index (χ3n) is 0.575. The van der Waals surface area contributed by atoms with E-state index in [9.17, 15) is 26.3 Å². The molecule has 0 heterocycles. The molecule has 0 fully saturated rings. The van der Waals surface area contributed by atoms with Gasteiger partial charge in [-0.2, -0.15) is 13.2 Å². The zero-order valence-electron chi connectivity index (χ0n) is 4.93. The molecule has 0 spiro atoms. The molecule has 0 aliphatic rings. The van der Waals surface area contributed by atoms with Crippen LogP contribution >= 0.6 is 0 Å². The number of hydrogen-bond acceptors (Lipinski definition) is 3. The summed E-state index contributed by atoms with van der Waals surface area (Å²) in [5, 5.41) is 0. The monoisotopic (exact) mass is 195 g/mol. The second-order valence-corrected chi connectivity index (χ2v) is 2.13. The molecule has 0 bridgehead atoms. The van der Waals surface area contributed by atoms with Gasteiger partial charge in [-0.15, -0.1) is 0 Å². The first-order valence-corrected chi connectivity index (χ1v) is 3.28. The van der Waals surface area contributed by atoms with Crippen LogP contribution in [0.3, 0.4) is 0 Å². The van der Waals surface area contributed by atoms with Crippen molar-refractivity contribution in [3.8, 4) is 0 Å². The van der Waals surface area contributed by atoms with E-state index in [0.717, 1.165) is 0 Å². The zero-order valence-corrected chi connectivity index (χ0v) is 5.75. The maximum absolute atomic E-state index is 11.8. The summed E-state index contributed by atoms with van der Waals surface area (Å²) in [5.41, 5.74) is 0. The van der Waals surface area contributed by atoms with E-state index >= 15 is 0 Å². The molecule has 3 nitrogen and oxygen atoms in total. The molecule has 0 amide bonds. The summed E-state index contributed by atoms with van der Waals surface area (Å²) < 4.78 is 67.6. The highest BCUT2D eigenvalue weighted by molar-refractivity contribution is 7.74. The van der Waals surface area contributed by atoms with E-state index in [-0.39, 0.29) is 0 Å². The summed E-state index contributed by atoms with van der Waals surface area (Å²) >= 11 is -3.26. The van der Waals surface area contributed by atoms with Crippen LogP contribution in [-0.2, 0) is 15.5 Å². The molecule has 0 rings (SSSR count). The Morgan fingerprint density at radius 3 is 2.27 bits per heavy atom. The minimum absolute atomic E-state index is 1.93. The molecule has 0 saturated heterocycles. The second kappa shape index (κ2) is 3.98. The van der Waals surface area contributed by atoms with Crippen molar-refractivity contribution in [3.05, 3.63) is 0 Å². The molecule has 0 radical (unpaired) electrons. The predicted octanol–water partition coefficient (Wildman–Crippen LogP) is 1.05. The number of hydrogen-bond donors (Lipinski definition) is 0. The summed E-state index contributed by atoms with van der Waals surface area (Å²) in [7, 11) is 0. The van der Waals surface area contributed by atoms with Crippen LogP contribution in [-0.4, -0.2) is 21.3 Å². The lowest BCUT2D eigenvalue weighted by Gasteiger charge is -2.12. The molecular weight excluding hydrogens is 192 g/mol. The van der Waals surface area contributed by atoms with Crippen molar-refractivity contribution in [1.29, 1.82) is 0 Å². The Bertz CT molecular complexity index is 146. The van der Waals surface area contributed by atoms with E-state index in [2.05, 4.69) is 4.18 Å². The van der Waals surface area contributed by atoms with E-state index in [0.29, 0.717) is 0 Å². The van der Waals surface area contributed by atoms with Crippen LogP contribution in [0.4, 0.5) is 17.6 Å². The van der Waals surface area contributed by atoms with Crippen molar-refractivity contribution < 1.29 is 30.5 Å². The summed E-state index contributed by atoms with van der Waals surface area (Å²) in [4.78, 5) is 0. The highest BCUT2D eigenvalue weighted by Gasteiger charge is 2.32. The maximum atomic E-state index is 11.8. The molecule has 8 heteroatoms. The van der Waals surface area contributed by atoms with Gasteiger partial charge in [-0.05, 0) is 0 Å². The van der Waals surface area contributed by atoms with E-state index < -0.39 is 30.3 Å². The summed E-state index contributed by atoms with van der Waals surface area (Å²) in [6, 6.07) is 0. The lowest BCUT2D eigenvalue weighted by molar-refractivity contribution is -0.165. The third kappa shape index (κ3) is 7.69. The molecule has 0 aliphatic carbocycles. The average molecular weight is 195 g/mol. The van der Waals surface area contributed by atoms with Gasteiger partial charge in [0.25, 0.3) is 0 Å². The Labute approximate surface area is 61.8 Å². The minimum atomic E-state index is -4.77. The van der Waals surface area contributed by atoms with E-state index in [4.69, 9.17) is 0 Å². The lowest BCUT2D eigenvalue weighted by Crippen LogP contribution is -2.19. The molecule has 11 heavy (non-hydrogen) atoms. The summed E-state index contributed by atoms with van der Waals surface area (Å²) in [5.74, 6) is 0. The van der Waals surface area contributed by atoms with Crippen LogP contribution in [0, 0.1) is 0 Å². The Hall–Kier alpha value is -0.210. The highest BCUT2D eigenvalue weighted by atomic mass is 32.2. The Morgan fingerprint density at radius 1 is 1.55 bits per heavy atom. The fourth-order valence-corrected chi connectivity index (χ4v) is 0.540. The van der Waals surface area contributed by atoms with Gasteiger partial charge in [0, 0.05) is 0 Å². The normalized spacial score (nSPS) is 17.9. The van der Waals surface area contributed by atoms with Crippen LogP contribution in [0.1, 0.15) is 6.42 Å². The van der Waals surface area contributed by atoms with E-state index in [1.807, 2.05) is 0 Å². The third-order valence-corrected chi connectivity index (χ3v) is 0.941. The van der Waals surface area contributed by atoms with Gasteiger partial charge in [0.05, 0.1) is 11.4 Å². The first-order valence-electron chi connectivity index (χ1n) is 2.28. The largest absolute Gasteiger partial charge is 0.750 e. The smallest absolute Gasteiger partial charge is 0.394 e. The number of rotatable bonds is 3. The van der Waals surface area contributed by atoms with Gasteiger partial charge >= 0.3 is 6.18 Å². The van der Waals surface area contributed by atoms with Crippen molar-refractivity contribution >= 4 is 11.4 Å². The molecule has 0 aromatic rings. The van der Waals surface area contributed by atoms with Gasteiger partial charge in [0.1, 0.15) is 6.42 Å². The van der Waals surface area contributed by atoms with Crippen LogP contribution in [0.25, 0.3) is 0 Å². The van der Waals surface area contributed by atoms with Crippen LogP contribution in [0.15, 0.2) is 0 Å². The average Bonchev–Trinajstić information content (AvgIpc) is 1.53. The van der Waals surface area contributed by atoms with Crippen molar-refractivity contribution in [2.45, 2.75) is 19.0 Å². The zero-order chi connectivity index (χ0) is 9.07. The van der Waals surface area contributed by atoms with Crippen molar-refractivity contribution in [2.24, 2.45) is 0 Å². The molecule has 68 valence electrons. The topological polar surface area (TPSA) is 49.4 Å². The van der Waals surface area contributed by atoms with Crippen molar-refractivity contribution in [3.63, 3.8) is 0 Å². The Balaban J connectivity index is 3.69. The molecule has 2 unspecified atom stereocenters. The van der Waals surface area contributed by atoms with Crippen LogP contribution < -0.4 is 0 Å². The maximum Gasteiger partial charge on any atom is 0.394 e. The predicted molar refractivity (Wildman–Crippen MR) is 25.6 cm³/mol. The summed E-state index contributed by atoms with van der Waals surface area (Å²) in [6.07, 6.45) is -9.55. The van der Waals surface area contributed by atoms with Gasteiger partial charge in [-0.25, -0.2) is 8.60 Å². The van der Waals surface area contributed by atoms with E-state index in [1.165, 1.54) is 0 Å². The fourth-order valence-electron chi connectivity index (χ4n) is 0.301. The molecule has 2 atom stereocenters. The molecule has 0 aromatic carbocycles. The van der Waals surface area contributed by atoms with Gasteiger partial charge in [0.15, 0.2) is 0 Å². The number of halogens is 4. The summed E-state index contributed by atoms with van der Waals surface area (Å²) in [6.45, 7) is 0. The molecule has 0 aromatic heterocycles. The van der Waals surface area contributed by atoms with Gasteiger partial charge in [0.2, 0.25) is 6.36 Å². The van der Waals surface area contributed by atoms with Crippen molar-refractivity contribution in [1.82, 2.24) is 0 Å². The van der Waals surface area contributed by atoms with Gasteiger partial charge < -0.3 is 4.55 Å². The second-order valence-electron chi connectivity index (χ2n) is 1.53. The minimum Gasteiger partial charge on any atom is -0.750 e. The number of alkyl halides is 4. The first-order chi connectivity index (χ1) is 4.81. The molecule has 0 saturated carbocycles. The van der Waals surface area contributed by atoms with E-state index in [1.54, 1.807) is 0 Å². The SMILES string of the molecule is O=S([O-])OC(F)CC(F)(F)F. The standard InChI is InChI=1S/C3H4F4O3S/c4-2(10-11(8)9)1-3(5,6)7/h2H,1H2,(H,8,9)/p-1. The molecular formula is C3H3F4O3S-. The molecule has 0 aliphatic heterocycles. The van der Waals surface area contributed by atoms with Gasteiger partial charge in [-0.1, -0.05) is 0 Å². The quantitative estimate of drug-likeness (QED) is 0.499. The fraction of sp³-hybridized carbons (Fsp3) is 1.00. The lowest BCUT2D eigenvalue weighted by atomic mass is 10.4.